The Balaban J connectivity index is 2.17. The number of anilines is 1. The Hall–Kier alpha value is -3.89. The molecule has 30 heavy (non-hydrogen) atoms. The van der Waals surface area contributed by atoms with Crippen LogP contribution in [0, 0.1) is 24.0 Å². The summed E-state index contributed by atoms with van der Waals surface area (Å²) in [6.45, 7) is 2.97. The molecule has 0 unspecified atom stereocenters. The molecule has 1 aromatic heterocycles. The number of fused-ring (bicyclic) bond motifs is 1. The highest BCUT2D eigenvalue weighted by molar-refractivity contribution is 7.92. The highest BCUT2D eigenvalue weighted by Crippen LogP contribution is 2.30. The number of sulfonamides is 1. The minimum absolute atomic E-state index is 0.128. The van der Waals surface area contributed by atoms with E-state index in [1.54, 1.807) is 13.0 Å². The van der Waals surface area contributed by atoms with E-state index in [0.717, 1.165) is 6.07 Å². The van der Waals surface area contributed by atoms with E-state index in [-0.39, 0.29) is 44.9 Å². The van der Waals surface area contributed by atoms with Crippen LogP contribution in [-0.4, -0.2) is 13.3 Å². The smallest absolute Gasteiger partial charge is 0.336 e. The molecule has 0 aliphatic heterocycles. The second-order valence-electron chi connectivity index (χ2n) is 6.48. The van der Waals surface area contributed by atoms with E-state index in [4.69, 9.17) is 9.95 Å². The molecule has 1 N–H and O–H groups in total. The van der Waals surface area contributed by atoms with Crippen LogP contribution in [0.3, 0.4) is 0 Å². The topological polar surface area (TPSA) is 168 Å². The van der Waals surface area contributed by atoms with Crippen molar-refractivity contribution in [3.05, 3.63) is 84.1 Å². The maximum Gasteiger partial charge on any atom is 0.336 e. The molecule has 3 rings (SSSR count). The van der Waals surface area contributed by atoms with Crippen molar-refractivity contribution in [2.75, 3.05) is 4.72 Å². The maximum absolute atomic E-state index is 13.0. The third-order valence-corrected chi connectivity index (χ3v) is 5.82. The lowest BCUT2D eigenvalue weighted by Crippen LogP contribution is -2.15. The fraction of sp³-hybridized carbons (Fsp3) is 0.167. The molecule has 0 amide bonds. The zero-order valence-corrected chi connectivity index (χ0v) is 16.6. The Morgan fingerprint density at radius 1 is 1.23 bits per heavy atom. The summed E-state index contributed by atoms with van der Waals surface area (Å²) in [5, 5.41) is 15.0. The summed E-state index contributed by atoms with van der Waals surface area (Å²) in [5.74, 6) is 0. The summed E-state index contributed by atoms with van der Waals surface area (Å²) in [6, 6.07) is 7.88. The SMILES string of the molecule is Cc1ccc(NS(=O)(=O)c2cc3c(CN=[N+]=[N-])cc(=O)oc3cc2C)c([N+](=O)[O-])c1. The van der Waals surface area contributed by atoms with E-state index >= 15 is 0 Å². The van der Waals surface area contributed by atoms with Crippen molar-refractivity contribution >= 4 is 32.4 Å². The van der Waals surface area contributed by atoms with Gasteiger partial charge in [0.15, 0.2) is 0 Å². The van der Waals surface area contributed by atoms with Crippen LogP contribution < -0.4 is 10.3 Å². The van der Waals surface area contributed by atoms with E-state index < -0.39 is 20.6 Å². The Bertz CT molecular complexity index is 1390. The number of benzene rings is 2. The van der Waals surface area contributed by atoms with Crippen LogP contribution in [0.4, 0.5) is 11.4 Å². The standard InChI is InChI=1S/C18H15N5O6S/c1-10-3-4-14(15(5-10)23(25)26)21-30(27,28)17-8-13-12(9-20-22-19)7-18(24)29-16(13)6-11(17)2/h3-8,21H,9H2,1-2H3. The first-order valence-corrected chi connectivity index (χ1v) is 9.97. The van der Waals surface area contributed by atoms with Gasteiger partial charge in [-0.2, -0.15) is 0 Å². The van der Waals surface area contributed by atoms with Crippen LogP contribution in [0.2, 0.25) is 0 Å². The third kappa shape index (κ3) is 4.09. The minimum atomic E-state index is -4.23. The first-order chi connectivity index (χ1) is 14.1. The number of hydrogen-bond acceptors (Lipinski definition) is 7. The van der Waals surface area contributed by atoms with E-state index in [1.807, 2.05) is 0 Å². The van der Waals surface area contributed by atoms with Crippen LogP contribution in [-0.2, 0) is 16.6 Å². The molecule has 154 valence electrons. The summed E-state index contributed by atoms with van der Waals surface area (Å²) >= 11 is 0. The number of azide groups is 1. The molecular weight excluding hydrogens is 414 g/mol. The normalized spacial score (nSPS) is 11.1. The van der Waals surface area contributed by atoms with Gasteiger partial charge in [-0.25, -0.2) is 13.2 Å². The van der Waals surface area contributed by atoms with Gasteiger partial charge in [-0.1, -0.05) is 11.2 Å². The lowest BCUT2D eigenvalue weighted by Gasteiger charge is -2.13. The van der Waals surface area contributed by atoms with Gasteiger partial charge in [0.2, 0.25) is 0 Å². The Labute approximate surface area is 169 Å². The van der Waals surface area contributed by atoms with E-state index in [9.17, 15) is 23.3 Å². The summed E-state index contributed by atoms with van der Waals surface area (Å²) < 4.78 is 33.4. The van der Waals surface area contributed by atoms with Crippen LogP contribution >= 0.6 is 0 Å². The van der Waals surface area contributed by atoms with Crippen LogP contribution in [0.25, 0.3) is 21.4 Å². The predicted molar refractivity (Wildman–Crippen MR) is 109 cm³/mol. The fourth-order valence-corrected chi connectivity index (χ4v) is 4.29. The summed E-state index contributed by atoms with van der Waals surface area (Å²) in [7, 11) is -4.23. The highest BCUT2D eigenvalue weighted by atomic mass is 32.2. The number of hydrogen-bond donors (Lipinski definition) is 1. The number of nitrogens with one attached hydrogen (secondary N) is 1. The molecule has 0 aliphatic carbocycles. The molecule has 0 fully saturated rings. The zero-order chi connectivity index (χ0) is 22.1. The molecule has 0 radical (unpaired) electrons. The molecule has 0 bridgehead atoms. The molecule has 0 saturated heterocycles. The van der Waals surface area contributed by atoms with Gasteiger partial charge in [0, 0.05) is 22.4 Å². The van der Waals surface area contributed by atoms with Gasteiger partial charge in [0.1, 0.15) is 11.3 Å². The lowest BCUT2D eigenvalue weighted by molar-refractivity contribution is -0.383. The lowest BCUT2D eigenvalue weighted by atomic mass is 10.1. The Morgan fingerprint density at radius 3 is 2.63 bits per heavy atom. The van der Waals surface area contributed by atoms with Crippen LogP contribution in [0.15, 0.2) is 55.6 Å². The summed E-state index contributed by atoms with van der Waals surface area (Å²) in [4.78, 5) is 24.8. The molecule has 0 saturated carbocycles. The van der Waals surface area contributed by atoms with Crippen molar-refractivity contribution in [1.82, 2.24) is 0 Å². The third-order valence-electron chi connectivity index (χ3n) is 4.31. The van der Waals surface area contributed by atoms with Gasteiger partial charge in [-0.3, -0.25) is 14.8 Å². The quantitative estimate of drug-likeness (QED) is 0.155. The van der Waals surface area contributed by atoms with Gasteiger partial charge in [-0.05, 0) is 54.3 Å². The van der Waals surface area contributed by atoms with Crippen LogP contribution in [0.5, 0.6) is 0 Å². The Kier molecular flexibility index (Phi) is 5.45. The Morgan fingerprint density at radius 2 is 1.97 bits per heavy atom. The zero-order valence-electron chi connectivity index (χ0n) is 15.8. The predicted octanol–water partition coefficient (Wildman–Crippen LogP) is 3.93. The molecule has 3 aromatic rings. The molecular formula is C18H15N5O6S. The van der Waals surface area contributed by atoms with Gasteiger partial charge in [-0.15, -0.1) is 0 Å². The number of nitro groups is 1. The van der Waals surface area contributed by atoms with E-state index in [1.165, 1.54) is 31.2 Å². The average molecular weight is 429 g/mol. The van der Waals surface area contributed by atoms with Gasteiger partial charge in [0.05, 0.1) is 16.4 Å². The van der Waals surface area contributed by atoms with Crippen molar-refractivity contribution in [3.63, 3.8) is 0 Å². The van der Waals surface area contributed by atoms with E-state index in [0.29, 0.717) is 5.56 Å². The number of nitrogens with zero attached hydrogens (tertiary/aromatic N) is 4. The van der Waals surface area contributed by atoms with Crippen LogP contribution in [0.1, 0.15) is 16.7 Å². The molecule has 0 spiro atoms. The molecule has 11 nitrogen and oxygen atoms in total. The number of nitro benzene ring substituents is 1. The summed E-state index contributed by atoms with van der Waals surface area (Å²) in [5.41, 5.74) is 8.59. The maximum atomic E-state index is 13.0. The van der Waals surface area contributed by atoms with Crippen molar-refractivity contribution in [2.45, 2.75) is 25.3 Å². The molecule has 0 aliphatic rings. The second-order valence-corrected chi connectivity index (χ2v) is 8.13. The van der Waals surface area contributed by atoms with Gasteiger partial charge >= 0.3 is 5.63 Å². The van der Waals surface area contributed by atoms with Crippen molar-refractivity contribution in [3.8, 4) is 0 Å². The first kappa shape index (κ1) is 20.8. The fourth-order valence-electron chi connectivity index (χ4n) is 2.96. The molecule has 12 heteroatoms. The number of aryl methyl sites for hydroxylation is 2. The minimum Gasteiger partial charge on any atom is -0.423 e. The molecule has 2 aromatic carbocycles. The van der Waals surface area contributed by atoms with Gasteiger partial charge < -0.3 is 4.42 Å². The average Bonchev–Trinajstić information content (AvgIpc) is 2.66. The van der Waals surface area contributed by atoms with Crippen molar-refractivity contribution in [2.24, 2.45) is 5.11 Å². The molecule has 0 atom stereocenters. The number of rotatable bonds is 6. The largest absolute Gasteiger partial charge is 0.423 e. The van der Waals surface area contributed by atoms with Crippen molar-refractivity contribution < 1.29 is 17.8 Å². The second kappa shape index (κ2) is 7.85. The monoisotopic (exact) mass is 429 g/mol. The van der Waals surface area contributed by atoms with E-state index in [2.05, 4.69) is 14.7 Å². The first-order valence-electron chi connectivity index (χ1n) is 8.48. The van der Waals surface area contributed by atoms with Gasteiger partial charge in [0.25, 0.3) is 15.7 Å². The van der Waals surface area contributed by atoms with Crippen molar-refractivity contribution in [1.29, 1.82) is 0 Å². The molecule has 1 heterocycles. The summed E-state index contributed by atoms with van der Waals surface area (Å²) in [6.07, 6.45) is 0. The highest BCUT2D eigenvalue weighted by Gasteiger charge is 2.24.